The summed E-state index contributed by atoms with van der Waals surface area (Å²) in [7, 11) is 1.60. The van der Waals surface area contributed by atoms with Crippen LogP contribution in [-0.4, -0.2) is 76.4 Å². The van der Waals surface area contributed by atoms with E-state index in [1.54, 1.807) is 7.11 Å². The van der Waals surface area contributed by atoms with E-state index in [1.807, 2.05) is 65.8 Å². The molecule has 1 saturated heterocycles. The van der Waals surface area contributed by atoms with Crippen LogP contribution < -0.4 is 14.8 Å². The first-order chi connectivity index (χ1) is 22.5. The number of nitrogens with zero attached hydrogens (tertiary/aromatic N) is 3. The maximum atomic E-state index is 14.6. The Morgan fingerprint density at radius 1 is 1.06 bits per heavy atom. The fourth-order valence-corrected chi connectivity index (χ4v) is 6.68. The molecule has 3 heterocycles. The zero-order valence-electron chi connectivity index (χ0n) is 29.9. The fourth-order valence-electron chi connectivity index (χ4n) is 6.68. The average molecular weight is 665 g/mol. The lowest BCUT2D eigenvalue weighted by molar-refractivity contribution is -0.165. The summed E-state index contributed by atoms with van der Waals surface area (Å²) in [6, 6.07) is 3.61. The number of esters is 1. The second kappa shape index (κ2) is 13.9. The van der Waals surface area contributed by atoms with Gasteiger partial charge in [-0.05, 0) is 88.3 Å². The number of carbonyl (C=O) groups is 3. The predicted molar refractivity (Wildman–Crippen MR) is 182 cm³/mol. The summed E-state index contributed by atoms with van der Waals surface area (Å²) in [5.74, 6) is 0.0964. The Balaban J connectivity index is 1.62. The molecular weight excluding hydrogens is 612 g/mol. The normalized spacial score (nSPS) is 27.5. The number of hydrogen-bond donors (Lipinski definition) is 1. The highest BCUT2D eigenvalue weighted by Gasteiger charge is 2.53. The lowest BCUT2D eigenvalue weighted by Gasteiger charge is -2.36. The van der Waals surface area contributed by atoms with Crippen LogP contribution in [0.4, 0.5) is 4.79 Å². The summed E-state index contributed by atoms with van der Waals surface area (Å²) in [6.07, 6.45) is 6.62. The third kappa shape index (κ3) is 8.39. The van der Waals surface area contributed by atoms with E-state index in [-0.39, 0.29) is 24.5 Å². The first-order valence-electron chi connectivity index (χ1n) is 17.2. The minimum Gasteiger partial charge on any atom is -0.497 e. The highest BCUT2D eigenvalue weighted by Crippen LogP contribution is 2.40. The highest BCUT2D eigenvalue weighted by atomic mass is 16.6. The van der Waals surface area contributed by atoms with E-state index in [0.717, 1.165) is 25.7 Å². The van der Waals surface area contributed by atoms with Crippen molar-refractivity contribution in [1.29, 1.82) is 0 Å². The molecule has 11 nitrogen and oxygen atoms in total. The molecule has 48 heavy (non-hydrogen) atoms. The Morgan fingerprint density at radius 3 is 2.48 bits per heavy atom. The maximum Gasteiger partial charge on any atom is 0.408 e. The number of ether oxygens (including phenoxy) is 4. The maximum absolute atomic E-state index is 14.6. The van der Waals surface area contributed by atoms with E-state index in [2.05, 4.69) is 25.2 Å². The van der Waals surface area contributed by atoms with E-state index in [9.17, 15) is 14.4 Å². The molecule has 2 bridgehead atoms. The van der Waals surface area contributed by atoms with Crippen molar-refractivity contribution in [3.63, 3.8) is 0 Å². The van der Waals surface area contributed by atoms with Crippen molar-refractivity contribution >= 4 is 35.1 Å². The van der Waals surface area contributed by atoms with Crippen molar-refractivity contribution in [2.75, 3.05) is 13.7 Å². The lowest BCUT2D eigenvalue weighted by atomic mass is 9.85. The molecule has 1 aliphatic carbocycles. The topological polar surface area (TPSA) is 129 Å². The number of methoxy groups -OCH3 is 1. The Kier molecular flexibility index (Phi) is 10.3. The van der Waals surface area contributed by atoms with Gasteiger partial charge >= 0.3 is 12.1 Å². The van der Waals surface area contributed by atoms with Crippen molar-refractivity contribution in [2.24, 2.45) is 23.2 Å². The van der Waals surface area contributed by atoms with Crippen LogP contribution >= 0.6 is 0 Å². The van der Waals surface area contributed by atoms with Gasteiger partial charge in [-0.15, -0.1) is 0 Å². The highest BCUT2D eigenvalue weighted by molar-refractivity contribution is 5.91. The van der Waals surface area contributed by atoms with Crippen LogP contribution in [0.2, 0.25) is 0 Å². The minimum atomic E-state index is -0.962. The van der Waals surface area contributed by atoms with Crippen LogP contribution in [0.15, 0.2) is 24.3 Å². The third-order valence-corrected chi connectivity index (χ3v) is 9.11. The van der Waals surface area contributed by atoms with Crippen molar-refractivity contribution in [2.45, 2.75) is 117 Å². The monoisotopic (exact) mass is 664 g/mol. The number of aromatic nitrogens is 2. The molecule has 0 unspecified atom stereocenters. The van der Waals surface area contributed by atoms with Crippen LogP contribution in [0, 0.1) is 23.2 Å². The zero-order valence-corrected chi connectivity index (χ0v) is 29.9. The second-order valence-corrected chi connectivity index (χ2v) is 15.9. The number of benzene rings is 1. The van der Waals surface area contributed by atoms with Crippen molar-refractivity contribution in [3.8, 4) is 11.6 Å². The lowest BCUT2D eigenvalue weighted by Crippen LogP contribution is -2.58. The predicted octanol–water partition coefficient (Wildman–Crippen LogP) is 6.33. The molecule has 3 aliphatic rings. The molecule has 1 aromatic carbocycles. The summed E-state index contributed by atoms with van der Waals surface area (Å²) >= 11 is 0. The Hall–Kier alpha value is -3.89. The van der Waals surface area contributed by atoms with E-state index in [4.69, 9.17) is 28.9 Å². The van der Waals surface area contributed by atoms with Crippen molar-refractivity contribution in [1.82, 2.24) is 20.2 Å². The Morgan fingerprint density at radius 2 is 1.81 bits per heavy atom. The molecule has 1 aromatic heterocycles. The summed E-state index contributed by atoms with van der Waals surface area (Å²) in [5.41, 5.74) is 0.399. The first kappa shape index (κ1) is 35.4. The van der Waals surface area contributed by atoms with Crippen LogP contribution in [0.3, 0.4) is 0 Å². The zero-order chi connectivity index (χ0) is 35.0. The molecule has 11 heteroatoms. The summed E-state index contributed by atoms with van der Waals surface area (Å²) in [5, 5.41) is 2.87. The first-order valence-corrected chi connectivity index (χ1v) is 17.2. The summed E-state index contributed by atoms with van der Waals surface area (Å²) in [4.78, 5) is 53.2. The van der Waals surface area contributed by atoms with Gasteiger partial charge in [-0.3, -0.25) is 4.79 Å². The molecule has 5 rings (SSSR count). The molecule has 262 valence electrons. The van der Waals surface area contributed by atoms with E-state index >= 15 is 0 Å². The number of carbonyl (C=O) groups excluding carboxylic acids is 3. The third-order valence-electron chi connectivity index (χ3n) is 9.11. The molecule has 2 fully saturated rings. The number of nitrogens with one attached hydrogen (secondary N) is 1. The average Bonchev–Trinajstić information content (AvgIpc) is 3.62. The number of rotatable bonds is 4. The van der Waals surface area contributed by atoms with Gasteiger partial charge in [0.15, 0.2) is 0 Å². The van der Waals surface area contributed by atoms with E-state index in [0.29, 0.717) is 34.8 Å². The van der Waals surface area contributed by atoms with Crippen molar-refractivity contribution in [3.05, 3.63) is 30.0 Å². The molecule has 1 N–H and O–H groups in total. The van der Waals surface area contributed by atoms with Gasteiger partial charge < -0.3 is 29.2 Å². The van der Waals surface area contributed by atoms with E-state index in [1.165, 1.54) is 4.90 Å². The van der Waals surface area contributed by atoms with Gasteiger partial charge in [-0.1, -0.05) is 40.7 Å². The molecular formula is C37H52N4O7. The van der Waals surface area contributed by atoms with Gasteiger partial charge in [-0.2, -0.15) is 0 Å². The summed E-state index contributed by atoms with van der Waals surface area (Å²) < 4.78 is 23.9. The fraction of sp³-hybridized carbons (Fsp3) is 0.649. The standard InChI is InChI=1S/C37H52N4O7/c1-21(2)17-24-29-20-41(30(24)34(43)48-37(6,7)8)33(42)31(36(3,4)5)40-35(44)47-28-18-22(28)13-11-10-12-14-26-32(46-29)39-27-19-23(45-9)15-16-25(27)38-26/h12,14-16,19,21-22,24,28-31H,10-11,13,17-18,20H2,1-9H3,(H,40,44)/b14-12+/t22-,24-,28-,29+,30+,31-/m1/s1. The van der Waals surface area contributed by atoms with Gasteiger partial charge in [0, 0.05) is 12.0 Å². The van der Waals surface area contributed by atoms with Gasteiger partial charge in [0.05, 0.1) is 24.7 Å². The van der Waals surface area contributed by atoms with Gasteiger partial charge in [0.1, 0.15) is 41.3 Å². The van der Waals surface area contributed by atoms with Crippen LogP contribution in [-0.2, 0) is 19.1 Å². The largest absolute Gasteiger partial charge is 0.497 e. The number of fused-ring (bicyclic) bond motifs is 5. The molecule has 0 radical (unpaired) electrons. The molecule has 2 aromatic rings. The Labute approximate surface area is 284 Å². The van der Waals surface area contributed by atoms with Crippen LogP contribution in [0.1, 0.15) is 93.2 Å². The minimum absolute atomic E-state index is 0.0924. The van der Waals surface area contributed by atoms with Crippen LogP contribution in [0.5, 0.6) is 11.6 Å². The number of amides is 2. The van der Waals surface area contributed by atoms with Crippen LogP contribution in [0.25, 0.3) is 17.1 Å². The number of allylic oxidation sites excluding steroid dienone is 1. The van der Waals surface area contributed by atoms with Gasteiger partial charge in [0.2, 0.25) is 11.8 Å². The quantitative estimate of drug-likeness (QED) is 0.373. The van der Waals surface area contributed by atoms with Gasteiger partial charge in [-0.25, -0.2) is 19.6 Å². The smallest absolute Gasteiger partial charge is 0.408 e. The summed E-state index contributed by atoms with van der Waals surface area (Å²) in [6.45, 7) is 15.3. The molecule has 6 atom stereocenters. The second-order valence-electron chi connectivity index (χ2n) is 15.9. The molecule has 2 amide bonds. The van der Waals surface area contributed by atoms with Gasteiger partial charge in [0.25, 0.3) is 0 Å². The molecule has 1 saturated carbocycles. The molecule has 0 spiro atoms. The number of hydrogen-bond acceptors (Lipinski definition) is 9. The van der Waals surface area contributed by atoms with Crippen molar-refractivity contribution < 1.29 is 33.3 Å². The Bertz CT molecular complexity index is 1540. The van der Waals surface area contributed by atoms with E-state index < -0.39 is 53.1 Å². The number of alkyl carbamates (subject to hydrolysis) is 1. The molecule has 2 aliphatic heterocycles. The SMILES string of the molecule is COc1ccc2nc3c(nc2c1)O[C@H]1CN(C(=O)[C@H](C(C)(C)C)NC(=O)O[C@@H]2C[C@H]2CCC/C=C/3)[C@H](C(=O)OC(C)(C)C)[C@@H]1CC(C)C.